The summed E-state index contributed by atoms with van der Waals surface area (Å²) in [4.78, 5) is 20.7. The molecule has 0 spiro atoms. The molecule has 3 aromatic rings. The molecule has 0 aliphatic heterocycles. The summed E-state index contributed by atoms with van der Waals surface area (Å²) in [6, 6.07) is 10.8. The summed E-state index contributed by atoms with van der Waals surface area (Å²) in [5.74, 6) is 0.553. The fraction of sp³-hybridized carbons (Fsp3) is 0.118. The maximum atomic E-state index is 12.2. The summed E-state index contributed by atoms with van der Waals surface area (Å²) in [6.07, 6.45) is 3.46. The summed E-state index contributed by atoms with van der Waals surface area (Å²) in [6.45, 7) is 2.52. The minimum absolute atomic E-state index is 0.194. The molecule has 0 radical (unpaired) electrons. The highest BCUT2D eigenvalue weighted by molar-refractivity contribution is 7.14. The van der Waals surface area contributed by atoms with Crippen LogP contribution in [0.15, 0.2) is 54.2 Å². The first-order valence-corrected chi connectivity index (χ1v) is 8.04. The molecular weight excluding hydrogens is 310 g/mol. The minimum Gasteiger partial charge on any atom is -0.494 e. The first-order chi connectivity index (χ1) is 11.3. The third kappa shape index (κ3) is 3.73. The molecule has 116 valence electrons. The average molecular weight is 325 g/mol. The van der Waals surface area contributed by atoms with E-state index in [0.717, 1.165) is 17.0 Å². The zero-order valence-corrected chi connectivity index (χ0v) is 13.3. The van der Waals surface area contributed by atoms with E-state index in [-0.39, 0.29) is 5.91 Å². The Morgan fingerprint density at radius 2 is 2.09 bits per heavy atom. The molecule has 1 N–H and O–H groups in total. The standard InChI is InChI=1S/C17H15N3O2S/c1-2-22-14-7-5-12(6-8-14)16(21)20-17-19-15(11-23-17)13-4-3-9-18-10-13/h3-11H,2H2,1H3,(H,19,20,21). The van der Waals surface area contributed by atoms with Crippen molar-refractivity contribution in [3.63, 3.8) is 0 Å². The van der Waals surface area contributed by atoms with Crippen molar-refractivity contribution in [2.45, 2.75) is 6.92 Å². The molecule has 0 atom stereocenters. The van der Waals surface area contributed by atoms with Gasteiger partial charge < -0.3 is 4.74 Å². The predicted octanol–water partition coefficient (Wildman–Crippen LogP) is 3.86. The SMILES string of the molecule is CCOc1ccc(C(=O)Nc2nc(-c3cccnc3)cs2)cc1. The van der Waals surface area contributed by atoms with E-state index >= 15 is 0 Å². The number of rotatable bonds is 5. The number of aromatic nitrogens is 2. The van der Waals surface area contributed by atoms with Gasteiger partial charge in [-0.15, -0.1) is 11.3 Å². The largest absolute Gasteiger partial charge is 0.494 e. The fourth-order valence-electron chi connectivity index (χ4n) is 2.02. The Bertz CT molecular complexity index is 785. The Balaban J connectivity index is 1.69. The number of benzene rings is 1. The predicted molar refractivity (Wildman–Crippen MR) is 90.9 cm³/mol. The van der Waals surface area contributed by atoms with Gasteiger partial charge in [-0.25, -0.2) is 4.98 Å². The van der Waals surface area contributed by atoms with Gasteiger partial charge in [0.25, 0.3) is 5.91 Å². The maximum absolute atomic E-state index is 12.2. The van der Waals surface area contributed by atoms with Gasteiger partial charge in [-0.1, -0.05) is 0 Å². The fourth-order valence-corrected chi connectivity index (χ4v) is 2.73. The first kappa shape index (κ1) is 15.2. The van der Waals surface area contributed by atoms with Crippen molar-refractivity contribution in [1.29, 1.82) is 0 Å². The van der Waals surface area contributed by atoms with Crippen molar-refractivity contribution in [3.8, 4) is 17.0 Å². The molecule has 5 nitrogen and oxygen atoms in total. The zero-order valence-electron chi connectivity index (χ0n) is 12.5. The number of hydrogen-bond donors (Lipinski definition) is 1. The lowest BCUT2D eigenvalue weighted by Gasteiger charge is -2.04. The van der Waals surface area contributed by atoms with E-state index in [4.69, 9.17) is 4.74 Å². The van der Waals surface area contributed by atoms with Gasteiger partial charge in [0.2, 0.25) is 0 Å². The van der Waals surface area contributed by atoms with Crippen molar-refractivity contribution in [1.82, 2.24) is 9.97 Å². The van der Waals surface area contributed by atoms with Crippen LogP contribution in [0.3, 0.4) is 0 Å². The molecule has 2 heterocycles. The summed E-state index contributed by atoms with van der Waals surface area (Å²) < 4.78 is 5.36. The number of amides is 1. The van der Waals surface area contributed by atoms with Crippen molar-refractivity contribution < 1.29 is 9.53 Å². The minimum atomic E-state index is -0.194. The Kier molecular flexibility index (Phi) is 4.63. The Morgan fingerprint density at radius 1 is 1.26 bits per heavy atom. The van der Waals surface area contributed by atoms with Gasteiger partial charge >= 0.3 is 0 Å². The Hall–Kier alpha value is -2.73. The molecular formula is C17H15N3O2S. The molecule has 6 heteroatoms. The van der Waals surface area contributed by atoms with E-state index in [0.29, 0.717) is 17.3 Å². The molecule has 1 amide bonds. The molecule has 3 rings (SSSR count). The number of pyridine rings is 1. The molecule has 0 aliphatic carbocycles. The van der Waals surface area contributed by atoms with E-state index in [1.54, 1.807) is 36.7 Å². The molecule has 0 saturated carbocycles. The Morgan fingerprint density at radius 3 is 2.78 bits per heavy atom. The van der Waals surface area contributed by atoms with Crippen molar-refractivity contribution in [2.24, 2.45) is 0 Å². The van der Waals surface area contributed by atoms with Gasteiger partial charge in [0.05, 0.1) is 12.3 Å². The smallest absolute Gasteiger partial charge is 0.257 e. The number of carbonyl (C=O) groups is 1. The van der Waals surface area contributed by atoms with Crippen molar-refractivity contribution in [2.75, 3.05) is 11.9 Å². The van der Waals surface area contributed by atoms with Crippen LogP contribution in [0.5, 0.6) is 5.75 Å². The molecule has 23 heavy (non-hydrogen) atoms. The van der Waals surface area contributed by atoms with Gasteiger partial charge in [0.15, 0.2) is 5.13 Å². The molecule has 1 aromatic carbocycles. The van der Waals surface area contributed by atoms with E-state index in [9.17, 15) is 4.79 Å². The van der Waals surface area contributed by atoms with Crippen molar-refractivity contribution in [3.05, 3.63) is 59.7 Å². The number of nitrogens with one attached hydrogen (secondary N) is 1. The number of anilines is 1. The summed E-state index contributed by atoms with van der Waals surface area (Å²) in [5.41, 5.74) is 2.28. The number of carbonyl (C=O) groups excluding carboxylic acids is 1. The van der Waals surface area contributed by atoms with Crippen LogP contribution < -0.4 is 10.1 Å². The normalized spacial score (nSPS) is 10.3. The number of thiazole rings is 1. The van der Waals surface area contributed by atoms with Crippen LogP contribution in [-0.2, 0) is 0 Å². The van der Waals surface area contributed by atoms with Crippen LogP contribution in [0, 0.1) is 0 Å². The number of nitrogens with zero attached hydrogens (tertiary/aromatic N) is 2. The molecule has 0 unspecified atom stereocenters. The second-order valence-electron chi connectivity index (χ2n) is 4.69. The average Bonchev–Trinajstić information content (AvgIpc) is 3.05. The van der Waals surface area contributed by atoms with Gasteiger partial charge in [-0.05, 0) is 43.3 Å². The second kappa shape index (κ2) is 7.02. The van der Waals surface area contributed by atoms with E-state index in [1.165, 1.54) is 11.3 Å². The quantitative estimate of drug-likeness (QED) is 0.774. The van der Waals surface area contributed by atoms with Crippen LogP contribution in [0.4, 0.5) is 5.13 Å². The van der Waals surface area contributed by atoms with Crippen LogP contribution in [0.25, 0.3) is 11.3 Å². The van der Waals surface area contributed by atoms with Gasteiger partial charge in [0.1, 0.15) is 5.75 Å². The zero-order chi connectivity index (χ0) is 16.1. The van der Waals surface area contributed by atoms with Crippen LogP contribution >= 0.6 is 11.3 Å². The molecule has 0 aliphatic rings. The maximum Gasteiger partial charge on any atom is 0.257 e. The third-order valence-electron chi connectivity index (χ3n) is 3.11. The summed E-state index contributed by atoms with van der Waals surface area (Å²) in [5, 5.41) is 5.26. The number of ether oxygens (including phenoxy) is 1. The third-order valence-corrected chi connectivity index (χ3v) is 3.87. The van der Waals surface area contributed by atoms with Crippen LogP contribution in [0.1, 0.15) is 17.3 Å². The monoisotopic (exact) mass is 325 g/mol. The molecule has 2 aromatic heterocycles. The lowest BCUT2D eigenvalue weighted by molar-refractivity contribution is 0.102. The summed E-state index contributed by atoms with van der Waals surface area (Å²) in [7, 11) is 0. The lowest BCUT2D eigenvalue weighted by atomic mass is 10.2. The highest BCUT2D eigenvalue weighted by Crippen LogP contribution is 2.24. The van der Waals surface area contributed by atoms with Crippen LogP contribution in [0.2, 0.25) is 0 Å². The second-order valence-corrected chi connectivity index (χ2v) is 5.55. The van der Waals surface area contributed by atoms with Gasteiger partial charge in [-0.2, -0.15) is 0 Å². The van der Waals surface area contributed by atoms with Crippen LogP contribution in [-0.4, -0.2) is 22.5 Å². The molecule has 0 saturated heterocycles. The Labute approximate surface area is 138 Å². The topological polar surface area (TPSA) is 64.1 Å². The summed E-state index contributed by atoms with van der Waals surface area (Å²) >= 11 is 1.38. The van der Waals surface area contributed by atoms with Gasteiger partial charge in [-0.3, -0.25) is 15.1 Å². The number of hydrogen-bond acceptors (Lipinski definition) is 5. The lowest BCUT2D eigenvalue weighted by Crippen LogP contribution is -2.11. The molecule has 0 bridgehead atoms. The molecule has 0 fully saturated rings. The van der Waals surface area contributed by atoms with Crippen molar-refractivity contribution >= 4 is 22.4 Å². The van der Waals surface area contributed by atoms with E-state index in [1.807, 2.05) is 24.4 Å². The van der Waals surface area contributed by atoms with E-state index in [2.05, 4.69) is 15.3 Å². The highest BCUT2D eigenvalue weighted by atomic mass is 32.1. The van der Waals surface area contributed by atoms with E-state index < -0.39 is 0 Å². The highest BCUT2D eigenvalue weighted by Gasteiger charge is 2.10. The first-order valence-electron chi connectivity index (χ1n) is 7.16. The van der Waals surface area contributed by atoms with Gasteiger partial charge in [0, 0.05) is 28.9 Å².